The third-order valence-corrected chi connectivity index (χ3v) is 3.16. The molecule has 0 aliphatic heterocycles. The summed E-state index contributed by atoms with van der Waals surface area (Å²) >= 11 is 6.06. The van der Waals surface area contributed by atoms with Crippen LogP contribution in [0.4, 0.5) is 5.69 Å². The van der Waals surface area contributed by atoms with Crippen LogP contribution in [0.3, 0.4) is 0 Å². The quantitative estimate of drug-likeness (QED) is 0.516. The molecule has 1 rings (SSSR count). The molecule has 1 aromatic rings. The van der Waals surface area contributed by atoms with E-state index in [4.69, 9.17) is 21.1 Å². The van der Waals surface area contributed by atoms with Crippen LogP contribution in [-0.2, 0) is 9.47 Å². The van der Waals surface area contributed by atoms with E-state index in [-0.39, 0.29) is 0 Å². The Morgan fingerprint density at radius 1 is 1.21 bits per heavy atom. The van der Waals surface area contributed by atoms with Crippen LogP contribution in [0.5, 0.6) is 0 Å². The summed E-state index contributed by atoms with van der Waals surface area (Å²) in [4.78, 5) is 13.3. The van der Waals surface area contributed by atoms with Crippen molar-refractivity contribution in [1.82, 2.24) is 0 Å². The normalized spacial score (nSPS) is 10.5. The monoisotopic (exact) mass is 285 g/mol. The van der Waals surface area contributed by atoms with Crippen molar-refractivity contribution in [1.29, 1.82) is 0 Å². The first-order valence-electron chi connectivity index (χ1n) is 6.21. The Hall–Kier alpha value is -1.10. The van der Waals surface area contributed by atoms with Crippen molar-refractivity contribution in [2.24, 2.45) is 0 Å². The second-order valence-corrected chi connectivity index (χ2v) is 4.52. The maximum absolute atomic E-state index is 11.2. The van der Waals surface area contributed by atoms with Crippen LogP contribution < -0.4 is 4.90 Å². The average Bonchev–Trinajstić information content (AvgIpc) is 2.42. The summed E-state index contributed by atoms with van der Waals surface area (Å²) in [7, 11) is 3.33. The van der Waals surface area contributed by atoms with Crippen molar-refractivity contribution < 1.29 is 14.3 Å². The van der Waals surface area contributed by atoms with Crippen LogP contribution in [-0.4, -0.2) is 46.8 Å². The lowest BCUT2D eigenvalue weighted by Crippen LogP contribution is -2.30. The zero-order chi connectivity index (χ0) is 14.1. The van der Waals surface area contributed by atoms with Crippen molar-refractivity contribution in [3.63, 3.8) is 0 Å². The van der Waals surface area contributed by atoms with Crippen LogP contribution >= 0.6 is 11.6 Å². The van der Waals surface area contributed by atoms with E-state index in [0.717, 1.165) is 24.9 Å². The van der Waals surface area contributed by atoms with Gasteiger partial charge < -0.3 is 14.4 Å². The lowest BCUT2D eigenvalue weighted by Gasteiger charge is -2.26. The fourth-order valence-corrected chi connectivity index (χ4v) is 2.09. The molecule has 0 aromatic heterocycles. The third kappa shape index (κ3) is 4.82. The number of benzene rings is 1. The highest BCUT2D eigenvalue weighted by molar-refractivity contribution is 6.33. The summed E-state index contributed by atoms with van der Waals surface area (Å²) < 4.78 is 10.2. The van der Waals surface area contributed by atoms with Crippen molar-refractivity contribution >= 4 is 23.6 Å². The van der Waals surface area contributed by atoms with E-state index in [2.05, 4.69) is 4.90 Å². The third-order valence-electron chi connectivity index (χ3n) is 2.83. The fraction of sp³-hybridized carbons (Fsp3) is 0.500. The summed E-state index contributed by atoms with van der Waals surface area (Å²) in [6.45, 7) is 2.78. The van der Waals surface area contributed by atoms with Gasteiger partial charge in [-0.1, -0.05) is 17.7 Å². The molecule has 19 heavy (non-hydrogen) atoms. The zero-order valence-electron chi connectivity index (χ0n) is 11.4. The van der Waals surface area contributed by atoms with Gasteiger partial charge in [-0.05, 0) is 18.6 Å². The minimum Gasteiger partial charge on any atom is -0.385 e. The minimum absolute atomic E-state index is 0.474. The molecule has 0 aliphatic carbocycles. The molecule has 106 valence electrons. The molecule has 0 spiro atoms. The second kappa shape index (κ2) is 8.91. The average molecular weight is 286 g/mol. The Kier molecular flexibility index (Phi) is 7.48. The Morgan fingerprint density at radius 2 is 1.95 bits per heavy atom. The first-order chi connectivity index (χ1) is 9.24. The molecule has 0 fully saturated rings. The van der Waals surface area contributed by atoms with E-state index >= 15 is 0 Å². The Morgan fingerprint density at radius 3 is 2.58 bits per heavy atom. The minimum atomic E-state index is 0.474. The molecule has 5 heteroatoms. The first-order valence-corrected chi connectivity index (χ1v) is 6.59. The maximum atomic E-state index is 11.2. The predicted octanol–water partition coefficient (Wildman–Crippen LogP) is 2.64. The highest BCUT2D eigenvalue weighted by Crippen LogP contribution is 2.26. The van der Waals surface area contributed by atoms with Crippen LogP contribution in [0.15, 0.2) is 18.2 Å². The van der Waals surface area contributed by atoms with Crippen molar-refractivity contribution in [2.45, 2.75) is 6.42 Å². The van der Waals surface area contributed by atoms with Gasteiger partial charge >= 0.3 is 0 Å². The summed E-state index contributed by atoms with van der Waals surface area (Å²) in [6.07, 6.45) is 1.68. The van der Waals surface area contributed by atoms with E-state index in [1.54, 1.807) is 20.3 Å². The molecule has 0 saturated carbocycles. The second-order valence-electron chi connectivity index (χ2n) is 4.12. The standard InChI is InChI=1S/C14H20ClNO3/c1-18-9-4-7-16(8-10-19-2)14-6-3-5-13(15)12(14)11-17/h3,5-6,11H,4,7-10H2,1-2H3. The Labute approximate surface area is 119 Å². The summed E-state index contributed by atoms with van der Waals surface area (Å²) in [6, 6.07) is 5.47. The van der Waals surface area contributed by atoms with E-state index in [1.807, 2.05) is 12.1 Å². The van der Waals surface area contributed by atoms with Gasteiger partial charge in [0.1, 0.15) is 0 Å². The SMILES string of the molecule is COCCCN(CCOC)c1cccc(Cl)c1C=O. The molecule has 0 amide bonds. The summed E-state index contributed by atoms with van der Waals surface area (Å²) in [5.41, 5.74) is 1.37. The number of rotatable bonds is 9. The molecule has 0 atom stereocenters. The van der Waals surface area contributed by atoms with Gasteiger partial charge in [0.25, 0.3) is 0 Å². The molecule has 0 radical (unpaired) electrons. The molecule has 0 aliphatic rings. The van der Waals surface area contributed by atoms with Gasteiger partial charge in [-0.15, -0.1) is 0 Å². The van der Waals surface area contributed by atoms with Gasteiger partial charge in [0.15, 0.2) is 6.29 Å². The predicted molar refractivity (Wildman–Crippen MR) is 77.4 cm³/mol. The molecule has 0 saturated heterocycles. The lowest BCUT2D eigenvalue weighted by molar-refractivity contribution is 0.112. The van der Waals surface area contributed by atoms with E-state index in [1.165, 1.54) is 0 Å². The Bertz CT molecular complexity index is 398. The summed E-state index contributed by atoms with van der Waals surface area (Å²) in [5.74, 6) is 0. The molecule has 1 aromatic carbocycles. The van der Waals surface area contributed by atoms with Crippen LogP contribution in [0, 0.1) is 0 Å². The number of nitrogens with zero attached hydrogens (tertiary/aromatic N) is 1. The number of methoxy groups -OCH3 is 2. The van der Waals surface area contributed by atoms with Crippen molar-refractivity contribution in [3.8, 4) is 0 Å². The topological polar surface area (TPSA) is 38.8 Å². The lowest BCUT2D eigenvalue weighted by atomic mass is 10.1. The molecule has 0 heterocycles. The van der Waals surface area contributed by atoms with E-state index in [0.29, 0.717) is 30.3 Å². The highest BCUT2D eigenvalue weighted by atomic mass is 35.5. The number of hydrogen-bond donors (Lipinski definition) is 0. The largest absolute Gasteiger partial charge is 0.385 e. The van der Waals surface area contributed by atoms with Gasteiger partial charge in [0, 0.05) is 39.6 Å². The van der Waals surface area contributed by atoms with Gasteiger partial charge in [-0.25, -0.2) is 0 Å². The smallest absolute Gasteiger partial charge is 0.153 e. The molecular weight excluding hydrogens is 266 g/mol. The van der Waals surface area contributed by atoms with E-state index in [9.17, 15) is 4.79 Å². The number of anilines is 1. The van der Waals surface area contributed by atoms with Gasteiger partial charge in [-0.3, -0.25) is 4.79 Å². The van der Waals surface area contributed by atoms with Gasteiger partial charge in [0.2, 0.25) is 0 Å². The maximum Gasteiger partial charge on any atom is 0.153 e. The van der Waals surface area contributed by atoms with Crippen molar-refractivity contribution in [2.75, 3.05) is 45.4 Å². The Balaban J connectivity index is 2.88. The number of halogens is 1. The first kappa shape index (κ1) is 16.0. The van der Waals surface area contributed by atoms with Crippen LogP contribution in [0.1, 0.15) is 16.8 Å². The van der Waals surface area contributed by atoms with Crippen LogP contribution in [0.25, 0.3) is 0 Å². The molecule has 4 nitrogen and oxygen atoms in total. The zero-order valence-corrected chi connectivity index (χ0v) is 12.2. The van der Waals surface area contributed by atoms with Crippen LogP contribution in [0.2, 0.25) is 5.02 Å². The molecule has 0 unspecified atom stereocenters. The highest BCUT2D eigenvalue weighted by Gasteiger charge is 2.13. The molecule has 0 N–H and O–H groups in total. The van der Waals surface area contributed by atoms with Gasteiger partial charge in [-0.2, -0.15) is 0 Å². The number of carbonyl (C=O) groups excluding carboxylic acids is 1. The number of aldehydes is 1. The van der Waals surface area contributed by atoms with Gasteiger partial charge in [0.05, 0.1) is 17.2 Å². The number of hydrogen-bond acceptors (Lipinski definition) is 4. The number of ether oxygens (including phenoxy) is 2. The fourth-order valence-electron chi connectivity index (χ4n) is 1.87. The molecular formula is C14H20ClNO3. The molecule has 0 bridgehead atoms. The van der Waals surface area contributed by atoms with E-state index < -0.39 is 0 Å². The number of carbonyl (C=O) groups is 1. The van der Waals surface area contributed by atoms with Crippen molar-refractivity contribution in [3.05, 3.63) is 28.8 Å². The summed E-state index contributed by atoms with van der Waals surface area (Å²) in [5, 5.41) is 0.474.